The van der Waals surface area contributed by atoms with E-state index in [1.54, 1.807) is 0 Å². The molecular formula is C15H30N2O. The Morgan fingerprint density at radius 3 is 2.83 bits per heavy atom. The first-order valence-corrected chi connectivity index (χ1v) is 7.69. The molecule has 2 fully saturated rings. The summed E-state index contributed by atoms with van der Waals surface area (Å²) in [6, 6.07) is 0.748. The SMILES string of the molecule is CC1CC(C)C(C)N(CCNCC2CCOC2)C1. The fourth-order valence-electron chi connectivity index (χ4n) is 3.40. The van der Waals surface area contributed by atoms with E-state index in [-0.39, 0.29) is 0 Å². The average Bonchev–Trinajstić information content (AvgIpc) is 2.83. The topological polar surface area (TPSA) is 24.5 Å². The normalized spacial score (nSPS) is 38.2. The van der Waals surface area contributed by atoms with Gasteiger partial charge in [0.05, 0.1) is 6.61 Å². The Morgan fingerprint density at radius 1 is 1.28 bits per heavy atom. The van der Waals surface area contributed by atoms with Gasteiger partial charge in [-0.3, -0.25) is 4.90 Å². The molecule has 2 aliphatic rings. The van der Waals surface area contributed by atoms with Crippen LogP contribution in [0.15, 0.2) is 0 Å². The van der Waals surface area contributed by atoms with Gasteiger partial charge in [0.25, 0.3) is 0 Å². The molecule has 18 heavy (non-hydrogen) atoms. The van der Waals surface area contributed by atoms with Crippen LogP contribution < -0.4 is 5.32 Å². The summed E-state index contributed by atoms with van der Waals surface area (Å²) in [7, 11) is 0. The van der Waals surface area contributed by atoms with Crippen molar-refractivity contribution in [1.29, 1.82) is 0 Å². The van der Waals surface area contributed by atoms with Crippen LogP contribution in [0.2, 0.25) is 0 Å². The maximum atomic E-state index is 5.40. The van der Waals surface area contributed by atoms with Crippen LogP contribution >= 0.6 is 0 Å². The van der Waals surface area contributed by atoms with Crippen LogP contribution in [0.3, 0.4) is 0 Å². The second-order valence-corrected chi connectivity index (χ2v) is 6.49. The first kappa shape index (κ1) is 14.3. The van der Waals surface area contributed by atoms with E-state index in [0.717, 1.165) is 50.1 Å². The molecule has 106 valence electrons. The van der Waals surface area contributed by atoms with Crippen molar-refractivity contribution in [3.8, 4) is 0 Å². The Balaban J connectivity index is 1.62. The zero-order valence-electron chi connectivity index (χ0n) is 12.3. The lowest BCUT2D eigenvalue weighted by molar-refractivity contribution is 0.0804. The molecule has 4 atom stereocenters. The fourth-order valence-corrected chi connectivity index (χ4v) is 3.40. The lowest BCUT2D eigenvalue weighted by Crippen LogP contribution is -2.48. The van der Waals surface area contributed by atoms with Crippen molar-refractivity contribution in [3.63, 3.8) is 0 Å². The smallest absolute Gasteiger partial charge is 0.0507 e. The standard InChI is InChI=1S/C15H30N2O/c1-12-8-13(2)14(3)17(10-12)6-5-16-9-15-4-7-18-11-15/h12-16H,4-11H2,1-3H3. The Kier molecular flexibility index (Phi) is 5.46. The first-order chi connectivity index (χ1) is 8.66. The number of hydrogen-bond donors (Lipinski definition) is 1. The fraction of sp³-hybridized carbons (Fsp3) is 1.00. The summed E-state index contributed by atoms with van der Waals surface area (Å²) in [6.07, 6.45) is 2.63. The average molecular weight is 254 g/mol. The number of rotatable bonds is 5. The molecule has 2 saturated heterocycles. The Bertz CT molecular complexity index is 241. The van der Waals surface area contributed by atoms with Gasteiger partial charge < -0.3 is 10.1 Å². The van der Waals surface area contributed by atoms with Gasteiger partial charge in [0.2, 0.25) is 0 Å². The van der Waals surface area contributed by atoms with E-state index >= 15 is 0 Å². The summed E-state index contributed by atoms with van der Waals surface area (Å²) in [5.74, 6) is 2.46. The van der Waals surface area contributed by atoms with E-state index in [9.17, 15) is 0 Å². The largest absolute Gasteiger partial charge is 0.381 e. The van der Waals surface area contributed by atoms with Crippen LogP contribution in [0.4, 0.5) is 0 Å². The summed E-state index contributed by atoms with van der Waals surface area (Å²) in [5.41, 5.74) is 0. The molecule has 0 aromatic rings. The molecule has 2 aliphatic heterocycles. The first-order valence-electron chi connectivity index (χ1n) is 7.69. The van der Waals surface area contributed by atoms with Gasteiger partial charge in [0.15, 0.2) is 0 Å². The van der Waals surface area contributed by atoms with E-state index in [0.29, 0.717) is 0 Å². The van der Waals surface area contributed by atoms with Crippen LogP contribution in [0.1, 0.15) is 33.6 Å². The Morgan fingerprint density at radius 2 is 2.11 bits per heavy atom. The summed E-state index contributed by atoms with van der Waals surface area (Å²) in [4.78, 5) is 2.66. The minimum Gasteiger partial charge on any atom is -0.381 e. The minimum absolute atomic E-state index is 0.748. The van der Waals surface area contributed by atoms with E-state index in [2.05, 4.69) is 31.0 Å². The lowest BCUT2D eigenvalue weighted by atomic mass is 9.86. The van der Waals surface area contributed by atoms with Crippen molar-refractivity contribution < 1.29 is 4.74 Å². The van der Waals surface area contributed by atoms with E-state index in [4.69, 9.17) is 4.74 Å². The van der Waals surface area contributed by atoms with E-state index in [1.807, 2.05) is 0 Å². The second kappa shape index (κ2) is 6.88. The zero-order valence-corrected chi connectivity index (χ0v) is 12.3. The lowest BCUT2D eigenvalue weighted by Gasteiger charge is -2.41. The summed E-state index contributed by atoms with van der Waals surface area (Å²) in [5, 5.41) is 3.60. The van der Waals surface area contributed by atoms with Crippen LogP contribution in [0.5, 0.6) is 0 Å². The molecule has 3 heteroatoms. The molecule has 0 aliphatic carbocycles. The molecule has 3 nitrogen and oxygen atoms in total. The minimum atomic E-state index is 0.748. The molecule has 4 unspecified atom stereocenters. The summed E-state index contributed by atoms with van der Waals surface area (Å²) >= 11 is 0. The molecule has 0 radical (unpaired) electrons. The summed E-state index contributed by atoms with van der Waals surface area (Å²) < 4.78 is 5.40. The molecule has 0 amide bonds. The van der Waals surface area contributed by atoms with Gasteiger partial charge >= 0.3 is 0 Å². The van der Waals surface area contributed by atoms with Crippen molar-refractivity contribution in [3.05, 3.63) is 0 Å². The highest BCUT2D eigenvalue weighted by Crippen LogP contribution is 2.26. The van der Waals surface area contributed by atoms with Gasteiger partial charge in [-0.1, -0.05) is 13.8 Å². The van der Waals surface area contributed by atoms with Crippen molar-refractivity contribution in [2.75, 3.05) is 39.4 Å². The number of ether oxygens (including phenoxy) is 1. The predicted molar refractivity (Wildman–Crippen MR) is 75.8 cm³/mol. The highest BCUT2D eigenvalue weighted by Gasteiger charge is 2.28. The van der Waals surface area contributed by atoms with Crippen molar-refractivity contribution in [2.24, 2.45) is 17.8 Å². The maximum Gasteiger partial charge on any atom is 0.0507 e. The monoisotopic (exact) mass is 254 g/mol. The molecule has 0 aromatic carbocycles. The predicted octanol–water partition coefficient (Wildman–Crippen LogP) is 1.98. The third-order valence-electron chi connectivity index (χ3n) is 4.75. The van der Waals surface area contributed by atoms with Gasteiger partial charge in [0.1, 0.15) is 0 Å². The van der Waals surface area contributed by atoms with E-state index in [1.165, 1.54) is 25.9 Å². The molecule has 0 spiro atoms. The van der Waals surface area contributed by atoms with Crippen LogP contribution in [-0.4, -0.2) is 50.3 Å². The maximum absolute atomic E-state index is 5.40. The summed E-state index contributed by atoms with van der Waals surface area (Å²) in [6.45, 7) is 13.8. The van der Waals surface area contributed by atoms with Crippen molar-refractivity contribution in [1.82, 2.24) is 10.2 Å². The molecule has 2 rings (SSSR count). The number of hydrogen-bond acceptors (Lipinski definition) is 3. The van der Waals surface area contributed by atoms with Crippen LogP contribution in [0, 0.1) is 17.8 Å². The molecule has 0 bridgehead atoms. The van der Waals surface area contributed by atoms with Gasteiger partial charge in [0, 0.05) is 38.8 Å². The third-order valence-corrected chi connectivity index (χ3v) is 4.75. The molecule has 0 saturated carbocycles. The Labute approximate surface area is 112 Å². The van der Waals surface area contributed by atoms with Crippen LogP contribution in [0.25, 0.3) is 0 Å². The van der Waals surface area contributed by atoms with E-state index < -0.39 is 0 Å². The number of nitrogens with one attached hydrogen (secondary N) is 1. The molecule has 1 N–H and O–H groups in total. The van der Waals surface area contributed by atoms with Gasteiger partial charge in [-0.15, -0.1) is 0 Å². The third kappa shape index (κ3) is 3.94. The van der Waals surface area contributed by atoms with Gasteiger partial charge in [-0.05, 0) is 37.5 Å². The van der Waals surface area contributed by atoms with Gasteiger partial charge in [-0.2, -0.15) is 0 Å². The number of likely N-dealkylation sites (tertiary alicyclic amines) is 1. The quantitative estimate of drug-likeness (QED) is 0.759. The van der Waals surface area contributed by atoms with Crippen molar-refractivity contribution >= 4 is 0 Å². The molecular weight excluding hydrogens is 224 g/mol. The highest BCUT2D eigenvalue weighted by molar-refractivity contribution is 4.82. The Hall–Kier alpha value is -0.120. The zero-order chi connectivity index (χ0) is 13.0. The molecule has 0 aromatic heterocycles. The van der Waals surface area contributed by atoms with Crippen molar-refractivity contribution in [2.45, 2.75) is 39.7 Å². The van der Waals surface area contributed by atoms with Crippen LogP contribution in [-0.2, 0) is 4.74 Å². The van der Waals surface area contributed by atoms with Gasteiger partial charge in [-0.25, -0.2) is 0 Å². The number of piperidine rings is 1. The highest BCUT2D eigenvalue weighted by atomic mass is 16.5. The molecule has 2 heterocycles. The number of nitrogens with zero attached hydrogens (tertiary/aromatic N) is 1. The second-order valence-electron chi connectivity index (χ2n) is 6.49.